The molecule has 0 saturated carbocycles. The molecule has 0 aliphatic carbocycles. The Bertz CT molecular complexity index is 402. The molecule has 2 atom stereocenters. The summed E-state index contributed by atoms with van der Waals surface area (Å²) in [5, 5.41) is 3.57. The van der Waals surface area contributed by atoms with E-state index < -0.39 is 0 Å². The predicted molar refractivity (Wildman–Crippen MR) is 88.9 cm³/mol. The molecule has 2 unspecified atom stereocenters. The summed E-state index contributed by atoms with van der Waals surface area (Å²) in [7, 11) is 0. The van der Waals surface area contributed by atoms with Crippen LogP contribution >= 0.6 is 0 Å². The normalized spacial score (nSPS) is 15.8. The van der Waals surface area contributed by atoms with Gasteiger partial charge in [-0.1, -0.05) is 26.0 Å². The van der Waals surface area contributed by atoms with Gasteiger partial charge in [-0.25, -0.2) is 0 Å². The predicted octanol–water partition coefficient (Wildman–Crippen LogP) is 4.33. The summed E-state index contributed by atoms with van der Waals surface area (Å²) in [5.41, 5.74) is 1.04. The fraction of sp³-hybridized carbons (Fsp3) is 0.667. The molecule has 1 N–H and O–H groups in total. The first-order chi connectivity index (χ1) is 9.96. The Labute approximate surface area is 130 Å². The van der Waals surface area contributed by atoms with E-state index in [1.165, 1.54) is 5.56 Å². The minimum Gasteiger partial charge on any atom is -0.491 e. The highest BCUT2D eigenvalue weighted by Crippen LogP contribution is 2.33. The fourth-order valence-electron chi connectivity index (χ4n) is 2.62. The lowest BCUT2D eigenvalue weighted by molar-refractivity contribution is -0.0560. The number of benzene rings is 1. The molecule has 0 heterocycles. The summed E-state index contributed by atoms with van der Waals surface area (Å²) in [6, 6.07) is 8.54. The molecule has 0 aliphatic rings. The Morgan fingerprint density at radius 1 is 1.10 bits per heavy atom. The zero-order valence-electron chi connectivity index (χ0n) is 14.4. The Hall–Kier alpha value is -1.06. The molecule has 1 aromatic rings. The average Bonchev–Trinajstić information content (AvgIpc) is 2.45. The third kappa shape index (κ3) is 5.01. The van der Waals surface area contributed by atoms with Crippen molar-refractivity contribution in [3.63, 3.8) is 0 Å². The molecule has 3 nitrogen and oxygen atoms in total. The van der Waals surface area contributed by atoms with Crippen molar-refractivity contribution in [2.45, 2.75) is 65.7 Å². The molecule has 120 valence electrons. The topological polar surface area (TPSA) is 30.5 Å². The van der Waals surface area contributed by atoms with Gasteiger partial charge in [-0.05, 0) is 58.4 Å². The minimum absolute atomic E-state index is 0.181. The van der Waals surface area contributed by atoms with Crippen LogP contribution in [0.3, 0.4) is 0 Å². The second-order valence-electron chi connectivity index (χ2n) is 5.83. The van der Waals surface area contributed by atoms with E-state index in [0.717, 1.165) is 25.3 Å². The van der Waals surface area contributed by atoms with Gasteiger partial charge in [-0.3, -0.25) is 0 Å². The fourth-order valence-corrected chi connectivity index (χ4v) is 2.62. The van der Waals surface area contributed by atoms with E-state index in [1.807, 2.05) is 26.0 Å². The molecule has 1 aromatic carbocycles. The monoisotopic (exact) mass is 293 g/mol. The van der Waals surface area contributed by atoms with Gasteiger partial charge >= 0.3 is 0 Å². The Balaban J connectivity index is 2.99. The molecule has 1 rings (SSSR count). The van der Waals surface area contributed by atoms with Crippen LogP contribution in [0.2, 0.25) is 0 Å². The third-order valence-corrected chi connectivity index (χ3v) is 3.78. The third-order valence-electron chi connectivity index (χ3n) is 3.78. The highest BCUT2D eigenvalue weighted by molar-refractivity contribution is 5.30. The zero-order chi connectivity index (χ0) is 15.9. The van der Waals surface area contributed by atoms with Crippen molar-refractivity contribution < 1.29 is 9.47 Å². The van der Waals surface area contributed by atoms with Crippen molar-refractivity contribution in [2.75, 3.05) is 13.2 Å². The van der Waals surface area contributed by atoms with E-state index >= 15 is 0 Å². The van der Waals surface area contributed by atoms with Crippen LogP contribution in [0.5, 0.6) is 5.75 Å². The maximum Gasteiger partial charge on any atom is 0.119 e. The maximum atomic E-state index is 6.05. The van der Waals surface area contributed by atoms with Crippen molar-refractivity contribution in [1.29, 1.82) is 0 Å². The average molecular weight is 293 g/mol. The van der Waals surface area contributed by atoms with E-state index in [2.05, 4.69) is 45.1 Å². The second kappa shape index (κ2) is 8.40. The summed E-state index contributed by atoms with van der Waals surface area (Å²) < 4.78 is 11.8. The van der Waals surface area contributed by atoms with Gasteiger partial charge in [-0.2, -0.15) is 0 Å². The number of ether oxygens (including phenoxy) is 2. The van der Waals surface area contributed by atoms with Gasteiger partial charge in [0.1, 0.15) is 5.75 Å². The van der Waals surface area contributed by atoms with Crippen LogP contribution in [0.4, 0.5) is 0 Å². The molecule has 0 spiro atoms. The number of hydrogen-bond acceptors (Lipinski definition) is 3. The van der Waals surface area contributed by atoms with Crippen molar-refractivity contribution >= 4 is 0 Å². The highest BCUT2D eigenvalue weighted by Gasteiger charge is 2.33. The van der Waals surface area contributed by atoms with Crippen LogP contribution in [0.15, 0.2) is 24.3 Å². The van der Waals surface area contributed by atoms with Crippen molar-refractivity contribution in [3.8, 4) is 5.75 Å². The Kier molecular flexibility index (Phi) is 7.20. The van der Waals surface area contributed by atoms with E-state index in [0.29, 0.717) is 0 Å². The number of likely N-dealkylation sites (N-methyl/N-ethyl adjacent to an activating group) is 1. The van der Waals surface area contributed by atoms with Gasteiger partial charge < -0.3 is 14.8 Å². The minimum atomic E-state index is -0.203. The number of hydrogen-bond donors (Lipinski definition) is 1. The quantitative estimate of drug-likeness (QED) is 0.735. The molecule has 3 heteroatoms. The molecule has 0 fully saturated rings. The van der Waals surface area contributed by atoms with Crippen LogP contribution in [-0.4, -0.2) is 24.9 Å². The van der Waals surface area contributed by atoms with E-state index in [1.54, 1.807) is 0 Å². The lowest BCUT2D eigenvalue weighted by Gasteiger charge is -2.37. The first-order valence-electron chi connectivity index (χ1n) is 8.10. The lowest BCUT2D eigenvalue weighted by atomic mass is 9.87. The van der Waals surface area contributed by atoms with Crippen LogP contribution in [0.1, 0.15) is 59.6 Å². The SMILES string of the molecule is CCNC(c1ccc(OC(C)C)cc1)C(C)(CC)OCC. The zero-order valence-corrected chi connectivity index (χ0v) is 14.4. The summed E-state index contributed by atoms with van der Waals surface area (Å²) in [6.07, 6.45) is 1.16. The maximum absolute atomic E-state index is 6.05. The lowest BCUT2D eigenvalue weighted by Crippen LogP contribution is -2.43. The van der Waals surface area contributed by atoms with Gasteiger partial charge in [-0.15, -0.1) is 0 Å². The van der Waals surface area contributed by atoms with Gasteiger partial charge in [0.05, 0.1) is 17.7 Å². The highest BCUT2D eigenvalue weighted by atomic mass is 16.5. The number of nitrogens with one attached hydrogen (secondary N) is 1. The molecule has 21 heavy (non-hydrogen) atoms. The van der Waals surface area contributed by atoms with Gasteiger partial charge in [0.2, 0.25) is 0 Å². The van der Waals surface area contributed by atoms with Crippen LogP contribution < -0.4 is 10.1 Å². The molecule has 0 saturated heterocycles. The van der Waals surface area contributed by atoms with E-state index in [4.69, 9.17) is 9.47 Å². The van der Waals surface area contributed by atoms with Gasteiger partial charge in [0, 0.05) is 6.61 Å². The van der Waals surface area contributed by atoms with Gasteiger partial charge in [0.25, 0.3) is 0 Å². The molecule has 0 bridgehead atoms. The molecule has 0 aromatic heterocycles. The second-order valence-corrected chi connectivity index (χ2v) is 5.83. The summed E-state index contributed by atoms with van der Waals surface area (Å²) in [5.74, 6) is 0.915. The van der Waals surface area contributed by atoms with E-state index in [-0.39, 0.29) is 17.7 Å². The van der Waals surface area contributed by atoms with Gasteiger partial charge in [0.15, 0.2) is 0 Å². The number of rotatable bonds is 9. The smallest absolute Gasteiger partial charge is 0.119 e. The summed E-state index contributed by atoms with van der Waals surface area (Å²) in [4.78, 5) is 0. The molecule has 0 aliphatic heterocycles. The van der Waals surface area contributed by atoms with Crippen molar-refractivity contribution in [3.05, 3.63) is 29.8 Å². The summed E-state index contributed by atoms with van der Waals surface area (Å²) >= 11 is 0. The largest absolute Gasteiger partial charge is 0.491 e. The Morgan fingerprint density at radius 3 is 2.14 bits per heavy atom. The van der Waals surface area contributed by atoms with Crippen LogP contribution in [0, 0.1) is 0 Å². The first-order valence-corrected chi connectivity index (χ1v) is 8.10. The van der Waals surface area contributed by atoms with Crippen molar-refractivity contribution in [1.82, 2.24) is 5.32 Å². The standard InChI is InChI=1S/C18H31NO2/c1-7-18(6,20-9-3)17(19-8-2)15-10-12-16(13-11-15)21-14(4)5/h10-14,17,19H,7-9H2,1-6H3. The van der Waals surface area contributed by atoms with E-state index in [9.17, 15) is 0 Å². The summed E-state index contributed by atoms with van der Waals surface area (Å²) in [6.45, 7) is 14.3. The molecular weight excluding hydrogens is 262 g/mol. The molecular formula is C18H31NO2. The van der Waals surface area contributed by atoms with Crippen LogP contribution in [-0.2, 0) is 4.74 Å². The van der Waals surface area contributed by atoms with Crippen LogP contribution in [0.25, 0.3) is 0 Å². The van der Waals surface area contributed by atoms with Crippen molar-refractivity contribution in [2.24, 2.45) is 0 Å². The molecule has 0 radical (unpaired) electrons. The Morgan fingerprint density at radius 2 is 1.71 bits per heavy atom. The first kappa shape index (κ1) is 18.0. The molecule has 0 amide bonds.